The molecule has 0 saturated heterocycles. The number of methoxy groups -OCH3 is 1. The second-order valence-electron chi connectivity index (χ2n) is 6.55. The molecule has 1 aromatic carbocycles. The third-order valence-corrected chi connectivity index (χ3v) is 3.85. The number of benzene rings is 1. The molecule has 0 aliphatic heterocycles. The van der Waals surface area contributed by atoms with Crippen molar-refractivity contribution >= 4 is 17.7 Å². The maximum atomic E-state index is 12.7. The molecule has 30 heavy (non-hydrogen) atoms. The smallest absolute Gasteiger partial charge is 0.332 e. The summed E-state index contributed by atoms with van der Waals surface area (Å²) in [6.45, 7) is 3.59. The van der Waals surface area contributed by atoms with E-state index in [1.165, 1.54) is 6.92 Å². The number of aryl methyl sites for hydroxylation is 1. The Morgan fingerprint density at radius 1 is 1.30 bits per heavy atom. The monoisotopic (exact) mass is 415 g/mol. The van der Waals surface area contributed by atoms with Crippen LogP contribution in [0.15, 0.2) is 30.5 Å². The van der Waals surface area contributed by atoms with Gasteiger partial charge in [-0.15, -0.1) is 0 Å². The molecule has 1 unspecified atom stereocenters. The standard InChI is InChI=1S/C21H25N3O6/c1-14(13-28-4)30-18-11-16(6-5-9-29-15(2)21(26)27)10-17(12-18)20(25)22-19-7-8-24(3)23-19/h7-8,10-12,14-15H,9,13H2,1-4H3,(H,26,27)(H,22,23,25)/t14-,15?/m0/s1. The number of nitrogens with zero attached hydrogens (tertiary/aromatic N) is 2. The molecular weight excluding hydrogens is 390 g/mol. The van der Waals surface area contributed by atoms with E-state index in [1.807, 2.05) is 6.92 Å². The van der Waals surface area contributed by atoms with Crippen LogP contribution in [0.25, 0.3) is 0 Å². The number of carboxylic acids is 1. The summed E-state index contributed by atoms with van der Waals surface area (Å²) in [7, 11) is 3.33. The lowest BCUT2D eigenvalue weighted by Crippen LogP contribution is -2.19. The van der Waals surface area contributed by atoms with Crippen LogP contribution >= 0.6 is 0 Å². The van der Waals surface area contributed by atoms with E-state index in [-0.39, 0.29) is 18.6 Å². The van der Waals surface area contributed by atoms with E-state index in [4.69, 9.17) is 19.3 Å². The summed E-state index contributed by atoms with van der Waals surface area (Å²) in [6, 6.07) is 6.59. The SMILES string of the molecule is COC[C@H](C)Oc1cc(C#CCOC(C)C(=O)O)cc(C(=O)Nc2ccn(C)n2)c1. The summed E-state index contributed by atoms with van der Waals surface area (Å²) in [5.74, 6) is 5.07. The number of carbonyl (C=O) groups is 2. The van der Waals surface area contributed by atoms with E-state index < -0.39 is 12.1 Å². The highest BCUT2D eigenvalue weighted by Gasteiger charge is 2.13. The van der Waals surface area contributed by atoms with E-state index >= 15 is 0 Å². The van der Waals surface area contributed by atoms with Gasteiger partial charge in [0.1, 0.15) is 18.5 Å². The number of carbonyl (C=O) groups excluding carboxylic acids is 1. The van der Waals surface area contributed by atoms with Gasteiger partial charge in [0.05, 0.1) is 6.61 Å². The lowest BCUT2D eigenvalue weighted by Gasteiger charge is -2.15. The molecule has 2 rings (SSSR count). The Hall–Kier alpha value is -3.35. The van der Waals surface area contributed by atoms with Gasteiger partial charge in [0.2, 0.25) is 0 Å². The average Bonchev–Trinajstić information content (AvgIpc) is 3.09. The van der Waals surface area contributed by atoms with Crippen LogP contribution in [0.4, 0.5) is 5.82 Å². The minimum atomic E-state index is -1.06. The van der Waals surface area contributed by atoms with E-state index in [0.29, 0.717) is 29.3 Å². The first-order valence-electron chi connectivity index (χ1n) is 9.23. The van der Waals surface area contributed by atoms with Gasteiger partial charge >= 0.3 is 5.97 Å². The first kappa shape index (κ1) is 22.9. The molecule has 0 aliphatic rings. The van der Waals surface area contributed by atoms with Crippen LogP contribution in [-0.4, -0.2) is 59.3 Å². The molecule has 160 valence electrons. The van der Waals surface area contributed by atoms with E-state index in [0.717, 1.165) is 0 Å². The molecule has 2 N–H and O–H groups in total. The predicted octanol–water partition coefficient (Wildman–Crippen LogP) is 1.93. The molecule has 2 aromatic rings. The second-order valence-corrected chi connectivity index (χ2v) is 6.55. The Labute approximate surface area is 174 Å². The van der Waals surface area contributed by atoms with Crippen LogP contribution < -0.4 is 10.1 Å². The number of rotatable bonds is 9. The fourth-order valence-electron chi connectivity index (χ4n) is 2.42. The van der Waals surface area contributed by atoms with Crippen LogP contribution in [0.5, 0.6) is 5.75 Å². The van der Waals surface area contributed by atoms with Gasteiger partial charge in [0, 0.05) is 37.5 Å². The van der Waals surface area contributed by atoms with Gasteiger partial charge < -0.3 is 24.6 Å². The molecule has 0 bridgehead atoms. The van der Waals surface area contributed by atoms with Crippen molar-refractivity contribution in [1.29, 1.82) is 0 Å². The van der Waals surface area contributed by atoms with Crippen molar-refractivity contribution in [2.75, 3.05) is 25.6 Å². The molecule has 9 nitrogen and oxygen atoms in total. The zero-order chi connectivity index (χ0) is 22.1. The van der Waals surface area contributed by atoms with Crippen LogP contribution in [0.2, 0.25) is 0 Å². The fraction of sp³-hybridized carbons (Fsp3) is 0.381. The van der Waals surface area contributed by atoms with Crippen LogP contribution in [0, 0.1) is 11.8 Å². The van der Waals surface area contributed by atoms with Crippen molar-refractivity contribution in [3.63, 3.8) is 0 Å². The zero-order valence-electron chi connectivity index (χ0n) is 17.3. The van der Waals surface area contributed by atoms with Gasteiger partial charge in [-0.2, -0.15) is 5.10 Å². The number of aromatic nitrogens is 2. The highest BCUT2D eigenvalue weighted by molar-refractivity contribution is 6.04. The Balaban J connectivity index is 2.21. The Kier molecular flexibility index (Phi) is 8.41. The van der Waals surface area contributed by atoms with Gasteiger partial charge in [-0.3, -0.25) is 9.48 Å². The molecular formula is C21H25N3O6. The fourth-order valence-corrected chi connectivity index (χ4v) is 2.42. The maximum absolute atomic E-state index is 12.7. The van der Waals surface area contributed by atoms with Gasteiger partial charge in [-0.1, -0.05) is 11.8 Å². The lowest BCUT2D eigenvalue weighted by atomic mass is 10.1. The minimum Gasteiger partial charge on any atom is -0.488 e. The van der Waals surface area contributed by atoms with Crippen LogP contribution in [-0.2, 0) is 21.3 Å². The van der Waals surface area contributed by atoms with Crippen molar-refractivity contribution in [3.8, 4) is 17.6 Å². The first-order chi connectivity index (χ1) is 14.3. The number of aliphatic carboxylic acids is 1. The molecule has 2 atom stereocenters. The summed E-state index contributed by atoms with van der Waals surface area (Å²) in [4.78, 5) is 23.4. The number of nitrogens with one attached hydrogen (secondary N) is 1. The molecule has 0 radical (unpaired) electrons. The van der Waals surface area contributed by atoms with Crippen LogP contribution in [0.3, 0.4) is 0 Å². The summed E-state index contributed by atoms with van der Waals surface area (Å²) in [5.41, 5.74) is 0.863. The van der Waals surface area contributed by atoms with Crippen molar-refractivity contribution in [3.05, 3.63) is 41.6 Å². The van der Waals surface area contributed by atoms with E-state index in [9.17, 15) is 9.59 Å². The van der Waals surface area contributed by atoms with Gasteiger partial charge in [0.15, 0.2) is 11.9 Å². The average molecular weight is 415 g/mol. The third kappa shape index (κ3) is 7.24. The first-order valence-corrected chi connectivity index (χ1v) is 9.23. The summed E-state index contributed by atoms with van der Waals surface area (Å²) >= 11 is 0. The molecule has 1 aromatic heterocycles. The largest absolute Gasteiger partial charge is 0.488 e. The summed E-state index contributed by atoms with van der Waals surface area (Å²) in [6.07, 6.45) is 0.532. The van der Waals surface area contributed by atoms with Gasteiger partial charge in [-0.05, 0) is 32.0 Å². The molecule has 0 fully saturated rings. The quantitative estimate of drug-likeness (QED) is 0.602. The molecule has 0 saturated carbocycles. The number of amides is 1. The third-order valence-electron chi connectivity index (χ3n) is 3.85. The number of ether oxygens (including phenoxy) is 3. The number of hydrogen-bond acceptors (Lipinski definition) is 6. The van der Waals surface area contributed by atoms with Gasteiger partial charge in [-0.25, -0.2) is 4.79 Å². The molecule has 0 spiro atoms. The maximum Gasteiger partial charge on any atom is 0.332 e. The van der Waals surface area contributed by atoms with Crippen molar-refractivity contribution < 1.29 is 28.9 Å². The normalized spacial score (nSPS) is 12.4. The van der Waals surface area contributed by atoms with Crippen molar-refractivity contribution in [2.24, 2.45) is 7.05 Å². The zero-order valence-corrected chi connectivity index (χ0v) is 17.3. The summed E-state index contributed by atoms with van der Waals surface area (Å²) in [5, 5.41) is 15.7. The number of anilines is 1. The topological polar surface area (TPSA) is 112 Å². The Bertz CT molecular complexity index is 944. The highest BCUT2D eigenvalue weighted by Crippen LogP contribution is 2.19. The van der Waals surface area contributed by atoms with Crippen molar-refractivity contribution in [1.82, 2.24) is 9.78 Å². The highest BCUT2D eigenvalue weighted by atomic mass is 16.5. The molecule has 9 heteroatoms. The van der Waals surface area contributed by atoms with E-state index in [2.05, 4.69) is 22.3 Å². The second kappa shape index (κ2) is 11.0. The lowest BCUT2D eigenvalue weighted by molar-refractivity contribution is -0.148. The molecule has 1 heterocycles. The number of hydrogen-bond donors (Lipinski definition) is 2. The van der Waals surface area contributed by atoms with Crippen molar-refractivity contribution in [2.45, 2.75) is 26.1 Å². The number of carboxylic acid groups (broad SMARTS) is 1. The van der Waals surface area contributed by atoms with Crippen LogP contribution in [0.1, 0.15) is 29.8 Å². The van der Waals surface area contributed by atoms with Gasteiger partial charge in [0.25, 0.3) is 5.91 Å². The summed E-state index contributed by atoms with van der Waals surface area (Å²) < 4.78 is 17.6. The Morgan fingerprint density at radius 3 is 2.70 bits per heavy atom. The molecule has 0 aliphatic carbocycles. The molecule has 1 amide bonds. The predicted molar refractivity (Wildman–Crippen MR) is 109 cm³/mol. The Morgan fingerprint density at radius 2 is 2.07 bits per heavy atom. The minimum absolute atomic E-state index is 0.0614. The van der Waals surface area contributed by atoms with E-state index in [1.54, 1.807) is 49.3 Å².